The minimum Gasteiger partial charge on any atom is -0.464 e. The van der Waals surface area contributed by atoms with Gasteiger partial charge in [0, 0.05) is 26.2 Å². The van der Waals surface area contributed by atoms with Gasteiger partial charge in [0.1, 0.15) is 11.5 Å². The van der Waals surface area contributed by atoms with Crippen LogP contribution in [0.5, 0.6) is 0 Å². The average molecular weight is 382 g/mol. The number of fused-ring (bicyclic) bond motifs is 1. The summed E-state index contributed by atoms with van der Waals surface area (Å²) in [7, 11) is 0. The summed E-state index contributed by atoms with van der Waals surface area (Å²) < 4.78 is 29.8. The number of thioether (sulfide) groups is 1. The summed E-state index contributed by atoms with van der Waals surface area (Å²) in [5.41, 5.74) is 2.73. The summed E-state index contributed by atoms with van der Waals surface area (Å²) in [5, 5.41) is 13.4. The summed E-state index contributed by atoms with van der Waals surface area (Å²) in [6.45, 7) is 3.38. The second-order valence-corrected chi connectivity index (χ2v) is 7.46. The maximum atomic E-state index is 12.2. The lowest BCUT2D eigenvalue weighted by atomic mass is 10.00. The van der Waals surface area contributed by atoms with Crippen LogP contribution in [0.2, 0.25) is 0 Å². The van der Waals surface area contributed by atoms with Crippen LogP contribution in [0.15, 0.2) is 40.8 Å². The zero-order chi connectivity index (χ0) is 18.4. The molecule has 142 valence electrons. The first-order chi connectivity index (χ1) is 12.6. The van der Waals surface area contributed by atoms with Crippen LogP contribution < -0.4 is 5.32 Å². The molecule has 2 N–H and O–H groups in total. The molecule has 0 bridgehead atoms. The van der Waals surface area contributed by atoms with Crippen LogP contribution in [-0.4, -0.2) is 41.5 Å². The molecule has 0 fully saturated rings. The molecule has 1 unspecified atom stereocenters. The molecule has 0 aliphatic carbocycles. The number of nitrogens with one attached hydrogen (secondary N) is 1. The van der Waals surface area contributed by atoms with Crippen LogP contribution >= 0.6 is 11.8 Å². The first-order valence-electron chi connectivity index (χ1n) is 8.75. The van der Waals surface area contributed by atoms with Gasteiger partial charge in [-0.1, -0.05) is 36.0 Å². The first kappa shape index (κ1) is 19.4. The number of furan rings is 1. The van der Waals surface area contributed by atoms with E-state index in [9.17, 15) is 13.9 Å². The number of aliphatic hydroxyl groups excluding tert-OH is 1. The van der Waals surface area contributed by atoms with Crippen molar-refractivity contribution in [2.75, 3.05) is 19.6 Å². The third-order valence-electron chi connectivity index (χ3n) is 4.43. The molecular formula is C19H24F2N2O2S. The molecule has 0 saturated heterocycles. The molecule has 4 nitrogen and oxygen atoms in total. The predicted octanol–water partition coefficient (Wildman–Crippen LogP) is 3.24. The summed E-state index contributed by atoms with van der Waals surface area (Å²) in [6.07, 6.45) is 0.548. The number of nitrogens with zero attached hydrogens (tertiary/aromatic N) is 1. The monoisotopic (exact) mass is 382 g/mol. The third kappa shape index (κ3) is 5.81. The van der Waals surface area contributed by atoms with Gasteiger partial charge in [-0.15, -0.1) is 0 Å². The van der Waals surface area contributed by atoms with Gasteiger partial charge in [0.2, 0.25) is 0 Å². The van der Waals surface area contributed by atoms with Crippen molar-refractivity contribution >= 4 is 11.8 Å². The quantitative estimate of drug-likeness (QED) is 0.697. The normalized spacial score (nSPS) is 16.0. The standard InChI is InChI=1S/C19H24F2N2O2S/c20-19(21)26-13-18-6-5-17(25-18)10-22-9-16(24)12-23-8-7-14-3-1-2-4-15(14)11-23/h1-6,16,19,22,24H,7-13H2. The van der Waals surface area contributed by atoms with Crippen molar-refractivity contribution in [2.24, 2.45) is 0 Å². The van der Waals surface area contributed by atoms with E-state index < -0.39 is 11.9 Å². The van der Waals surface area contributed by atoms with E-state index in [1.165, 1.54) is 11.1 Å². The van der Waals surface area contributed by atoms with E-state index in [-0.39, 0.29) is 5.75 Å². The van der Waals surface area contributed by atoms with Crippen molar-refractivity contribution in [1.82, 2.24) is 10.2 Å². The van der Waals surface area contributed by atoms with Crippen LogP contribution in [0.3, 0.4) is 0 Å². The Morgan fingerprint density at radius 1 is 1.15 bits per heavy atom. The van der Waals surface area contributed by atoms with E-state index in [2.05, 4.69) is 34.5 Å². The Labute approximate surface area is 156 Å². The summed E-state index contributed by atoms with van der Waals surface area (Å²) in [6, 6.07) is 11.9. The van der Waals surface area contributed by atoms with Gasteiger partial charge >= 0.3 is 0 Å². The van der Waals surface area contributed by atoms with E-state index in [0.29, 0.717) is 42.9 Å². The molecule has 0 amide bonds. The summed E-state index contributed by atoms with van der Waals surface area (Å²) >= 11 is 0.548. The maximum absolute atomic E-state index is 12.2. The smallest absolute Gasteiger partial charge is 0.284 e. The SMILES string of the molecule is OC(CNCc1ccc(CSC(F)F)o1)CN1CCc2ccccc2C1. The van der Waals surface area contributed by atoms with Crippen molar-refractivity contribution < 1.29 is 18.3 Å². The second kappa shape index (κ2) is 9.50. The fourth-order valence-electron chi connectivity index (χ4n) is 3.17. The molecular weight excluding hydrogens is 358 g/mol. The molecule has 2 heterocycles. The Morgan fingerprint density at radius 3 is 2.73 bits per heavy atom. The molecule has 1 aromatic heterocycles. The maximum Gasteiger partial charge on any atom is 0.284 e. The van der Waals surface area contributed by atoms with E-state index in [4.69, 9.17) is 4.42 Å². The molecule has 2 aromatic rings. The van der Waals surface area contributed by atoms with Crippen molar-refractivity contribution in [2.45, 2.75) is 37.1 Å². The van der Waals surface area contributed by atoms with Crippen LogP contribution in [0.25, 0.3) is 0 Å². The van der Waals surface area contributed by atoms with E-state index in [0.717, 1.165) is 19.5 Å². The van der Waals surface area contributed by atoms with Gasteiger partial charge in [-0.25, -0.2) is 0 Å². The predicted molar refractivity (Wildman–Crippen MR) is 99.1 cm³/mol. The van der Waals surface area contributed by atoms with Crippen molar-refractivity contribution in [1.29, 1.82) is 0 Å². The van der Waals surface area contributed by atoms with Crippen LogP contribution in [0, 0.1) is 0 Å². The van der Waals surface area contributed by atoms with Crippen molar-refractivity contribution in [3.63, 3.8) is 0 Å². The topological polar surface area (TPSA) is 48.6 Å². The van der Waals surface area contributed by atoms with Gasteiger partial charge in [0.05, 0.1) is 18.4 Å². The zero-order valence-electron chi connectivity index (χ0n) is 14.5. The minimum atomic E-state index is -2.39. The van der Waals surface area contributed by atoms with Gasteiger partial charge < -0.3 is 14.8 Å². The van der Waals surface area contributed by atoms with Crippen LogP contribution in [0.4, 0.5) is 8.78 Å². The number of aliphatic hydroxyl groups is 1. The Bertz CT molecular complexity index is 696. The van der Waals surface area contributed by atoms with E-state index in [1.807, 2.05) is 0 Å². The fraction of sp³-hybridized carbons (Fsp3) is 0.474. The largest absolute Gasteiger partial charge is 0.464 e. The van der Waals surface area contributed by atoms with Gasteiger partial charge in [0.25, 0.3) is 5.76 Å². The molecule has 26 heavy (non-hydrogen) atoms. The minimum absolute atomic E-state index is 0.163. The van der Waals surface area contributed by atoms with Crippen molar-refractivity contribution in [3.8, 4) is 0 Å². The molecule has 1 aliphatic rings. The Hall–Kier alpha value is -1.41. The van der Waals surface area contributed by atoms with Gasteiger partial charge in [-0.3, -0.25) is 4.90 Å². The number of halogens is 2. The zero-order valence-corrected chi connectivity index (χ0v) is 15.4. The van der Waals surface area contributed by atoms with Crippen LogP contribution in [-0.2, 0) is 25.3 Å². The molecule has 7 heteroatoms. The highest BCUT2D eigenvalue weighted by molar-refractivity contribution is 7.98. The lowest BCUT2D eigenvalue weighted by molar-refractivity contribution is 0.104. The Balaban J connectivity index is 1.36. The Kier molecular flexibility index (Phi) is 7.07. The average Bonchev–Trinajstić information content (AvgIpc) is 3.08. The van der Waals surface area contributed by atoms with Gasteiger partial charge in [0.15, 0.2) is 0 Å². The number of benzene rings is 1. The number of β-amino-alcohol motifs (C(OH)–C–C–N with tert-alkyl or cyclic N) is 1. The molecule has 0 radical (unpaired) electrons. The highest BCUT2D eigenvalue weighted by Gasteiger charge is 2.18. The third-order valence-corrected chi connectivity index (χ3v) is 5.13. The highest BCUT2D eigenvalue weighted by Crippen LogP contribution is 2.21. The number of hydrogen-bond acceptors (Lipinski definition) is 5. The molecule has 0 spiro atoms. The fourth-order valence-corrected chi connectivity index (χ4v) is 3.62. The molecule has 1 aromatic carbocycles. The number of rotatable bonds is 9. The van der Waals surface area contributed by atoms with Gasteiger partial charge in [-0.2, -0.15) is 8.78 Å². The van der Waals surface area contributed by atoms with E-state index >= 15 is 0 Å². The molecule has 0 saturated carbocycles. The number of hydrogen-bond donors (Lipinski definition) is 2. The van der Waals surface area contributed by atoms with E-state index in [1.54, 1.807) is 12.1 Å². The van der Waals surface area contributed by atoms with Gasteiger partial charge in [-0.05, 0) is 29.7 Å². The molecule has 1 atom stereocenters. The molecule has 1 aliphatic heterocycles. The summed E-state index contributed by atoms with van der Waals surface area (Å²) in [4.78, 5) is 2.27. The van der Waals surface area contributed by atoms with Crippen LogP contribution in [0.1, 0.15) is 22.6 Å². The summed E-state index contributed by atoms with van der Waals surface area (Å²) in [5.74, 6) is -0.997. The lowest BCUT2D eigenvalue weighted by Gasteiger charge is -2.30. The Morgan fingerprint density at radius 2 is 1.92 bits per heavy atom. The molecule has 3 rings (SSSR count). The second-order valence-electron chi connectivity index (χ2n) is 6.48. The highest BCUT2D eigenvalue weighted by atomic mass is 32.2. The van der Waals surface area contributed by atoms with Crippen molar-refractivity contribution in [3.05, 3.63) is 59.0 Å². The lowest BCUT2D eigenvalue weighted by Crippen LogP contribution is -2.40. The number of alkyl halides is 2. The first-order valence-corrected chi connectivity index (χ1v) is 9.80.